The summed E-state index contributed by atoms with van der Waals surface area (Å²) in [6.45, 7) is 7.77. The topological polar surface area (TPSA) is 34.1 Å². The van der Waals surface area contributed by atoms with Gasteiger partial charge in [-0.15, -0.1) is 0 Å². The zero-order chi connectivity index (χ0) is 30.4. The Labute approximate surface area is 276 Å². The molecule has 15 rings (SSSR count). The first-order chi connectivity index (χ1) is 22.2. The van der Waals surface area contributed by atoms with Crippen molar-refractivity contribution < 1.29 is 9.47 Å². The zero-order valence-electron chi connectivity index (χ0n) is 29.0. The summed E-state index contributed by atoms with van der Waals surface area (Å²) in [7, 11) is 4.45. The smallest absolute Gasteiger partial charge is 0.0745 e. The number of aliphatic imine (C=N–C) groups is 1. The van der Waals surface area contributed by atoms with Crippen LogP contribution in [-0.2, 0) is 9.47 Å². The van der Waals surface area contributed by atoms with Gasteiger partial charge in [0.1, 0.15) is 0 Å². The lowest BCUT2D eigenvalue weighted by Crippen LogP contribution is -2.70. The summed E-state index contributed by atoms with van der Waals surface area (Å²) in [5, 5.41) is 0. The van der Waals surface area contributed by atoms with E-state index < -0.39 is 0 Å². The first kappa shape index (κ1) is 26.8. The van der Waals surface area contributed by atoms with Gasteiger partial charge in [-0.25, -0.2) is 0 Å². The van der Waals surface area contributed by atoms with E-state index in [0.717, 1.165) is 29.6 Å². The van der Waals surface area contributed by atoms with Crippen LogP contribution >= 0.6 is 0 Å². The number of piperidine rings is 1. The summed E-state index contributed by atoms with van der Waals surface area (Å²) in [6.07, 6.45) is 25.6. The Balaban J connectivity index is 0.914. The molecule has 0 aromatic rings. The largest absolute Gasteiger partial charge is 0.381 e. The molecule has 3 aliphatic heterocycles. The Bertz CT molecular complexity index is 1610. The molecule has 4 heteroatoms. The fourth-order valence-electron chi connectivity index (χ4n) is 19.4. The highest BCUT2D eigenvalue weighted by atomic mass is 16.5. The Kier molecular flexibility index (Phi) is 4.40. The number of hydrogen-bond donors (Lipinski definition) is 0. The van der Waals surface area contributed by atoms with Crippen LogP contribution in [0.15, 0.2) is 27.8 Å². The first-order valence-electron chi connectivity index (χ1n) is 20.1. The lowest BCUT2D eigenvalue weighted by atomic mass is 9.38. The van der Waals surface area contributed by atoms with E-state index in [-0.39, 0.29) is 5.60 Å². The molecule has 8 saturated carbocycles. The minimum absolute atomic E-state index is 0.0339. The molecule has 10 fully saturated rings. The van der Waals surface area contributed by atoms with E-state index in [4.69, 9.17) is 14.5 Å². The summed E-state index contributed by atoms with van der Waals surface area (Å²) in [6, 6.07) is 0.513. The molecule has 4 nitrogen and oxygen atoms in total. The Morgan fingerprint density at radius 2 is 1.91 bits per heavy atom. The second-order valence-corrected chi connectivity index (χ2v) is 21.1. The van der Waals surface area contributed by atoms with Gasteiger partial charge in [0.25, 0.3) is 0 Å². The normalized spacial score (nSPS) is 66.7. The van der Waals surface area contributed by atoms with Gasteiger partial charge in [-0.05, 0) is 137 Å². The molecule has 5 spiro atoms. The summed E-state index contributed by atoms with van der Waals surface area (Å²) in [5.41, 5.74) is 7.95. The molecular weight excluding hydrogens is 564 g/mol. The van der Waals surface area contributed by atoms with Crippen LogP contribution in [-0.4, -0.2) is 62.2 Å². The molecule has 15 aliphatic rings. The van der Waals surface area contributed by atoms with E-state index in [9.17, 15) is 0 Å². The van der Waals surface area contributed by atoms with Crippen LogP contribution in [0.3, 0.4) is 0 Å². The molecule has 3 heterocycles. The van der Waals surface area contributed by atoms with Gasteiger partial charge in [0.2, 0.25) is 0 Å². The lowest BCUT2D eigenvalue weighted by Gasteiger charge is -2.70. The Hall–Kier alpha value is -0.970. The maximum Gasteiger partial charge on any atom is 0.0745 e. The summed E-state index contributed by atoms with van der Waals surface area (Å²) >= 11 is 0. The molecule has 0 aromatic heterocycles. The van der Waals surface area contributed by atoms with E-state index in [1.54, 1.807) is 0 Å². The summed E-state index contributed by atoms with van der Waals surface area (Å²) < 4.78 is 15.0. The van der Waals surface area contributed by atoms with Crippen LogP contribution in [0.5, 0.6) is 0 Å². The van der Waals surface area contributed by atoms with Gasteiger partial charge in [0.05, 0.1) is 23.9 Å². The monoisotopic (exact) mass is 620 g/mol. The van der Waals surface area contributed by atoms with Crippen molar-refractivity contribution >= 4 is 6.21 Å². The highest BCUT2D eigenvalue weighted by Crippen LogP contribution is 2.88. The Morgan fingerprint density at radius 3 is 2.80 bits per heavy atom. The molecule has 0 amide bonds. The molecule has 2 saturated heterocycles. The molecule has 12 aliphatic carbocycles. The minimum Gasteiger partial charge on any atom is -0.381 e. The van der Waals surface area contributed by atoms with Crippen molar-refractivity contribution in [1.29, 1.82) is 0 Å². The van der Waals surface area contributed by atoms with E-state index in [0.29, 0.717) is 62.6 Å². The van der Waals surface area contributed by atoms with E-state index in [2.05, 4.69) is 45.2 Å². The Morgan fingerprint density at radius 1 is 1.00 bits per heavy atom. The van der Waals surface area contributed by atoms with Crippen molar-refractivity contribution in [1.82, 2.24) is 4.90 Å². The number of ether oxygens (including phenoxy) is 2. The van der Waals surface area contributed by atoms with Gasteiger partial charge in [-0.2, -0.15) is 0 Å². The molecule has 246 valence electrons. The van der Waals surface area contributed by atoms with Crippen LogP contribution in [0.2, 0.25) is 0 Å². The first-order valence-corrected chi connectivity index (χ1v) is 20.1. The van der Waals surface area contributed by atoms with Crippen molar-refractivity contribution in [3.8, 4) is 0 Å². The predicted molar refractivity (Wildman–Crippen MR) is 178 cm³/mol. The van der Waals surface area contributed by atoms with Gasteiger partial charge < -0.3 is 14.4 Å². The fourth-order valence-corrected chi connectivity index (χ4v) is 19.4. The molecule has 0 aromatic carbocycles. The summed E-state index contributed by atoms with van der Waals surface area (Å²) in [5.74, 6) is 5.45. The molecular formula is C42H56N2O2. The van der Waals surface area contributed by atoms with E-state index in [1.807, 2.05) is 16.7 Å². The maximum atomic E-state index is 8.21. The standard InChI is InChI=1S/C42H56N2O2/c1-36-8-5-9-42-30(36)7-11-39-20-40(28(16-31(39)42)33(45-4)32(39)34(42)43-21-36)12-13-41-27-15-26-24-14-23-17-37(2,22-44(3)19-23)25(24)6-10-38(26,18-29(27)41)35(41)46-40/h15,21,23,27-35H,5-14,16-20,22H2,1-4H3/t23-,27+,28+,29?,30+,31+,32?,33?,34?,35-,36-,37-,38+,39-,40-,41+,42-/m0/s1. The van der Waals surface area contributed by atoms with Crippen LogP contribution in [0.1, 0.15) is 104 Å². The molecule has 4 unspecified atom stereocenters. The highest BCUT2D eigenvalue weighted by Gasteiger charge is 2.87. The van der Waals surface area contributed by atoms with Gasteiger partial charge in [-0.3, -0.25) is 4.99 Å². The SMILES string of the molecule is COC1C2C3N=C[C@]4(C)CCC[C@]35[C@@H]3C[C@H]1[C@]1(CC[C@]67C8C[C@@]9(CCC%10=C(C[C@@H]%11CN(C)C[C@]%10(C)C%11)C9=C[C@H]86)[C@@H]7O1)C[C@]23CC[C@@H]54. The third-order valence-corrected chi connectivity index (χ3v) is 20.0. The number of nitrogens with zero attached hydrogens (tertiary/aromatic N) is 2. The molecule has 0 radical (unpaired) electrons. The summed E-state index contributed by atoms with van der Waals surface area (Å²) in [4.78, 5) is 8.28. The number of rotatable bonds is 1. The minimum atomic E-state index is 0.0339. The third kappa shape index (κ3) is 2.45. The van der Waals surface area contributed by atoms with Crippen molar-refractivity contribution in [3.63, 3.8) is 0 Å². The number of allylic oxidation sites excluding steroid dienone is 2. The van der Waals surface area contributed by atoms with Gasteiger partial charge in [0, 0.05) is 65.3 Å². The number of methoxy groups -OCH3 is 1. The second kappa shape index (κ2) is 7.53. The lowest BCUT2D eigenvalue weighted by molar-refractivity contribution is -0.308. The van der Waals surface area contributed by atoms with Crippen molar-refractivity contribution in [2.45, 2.75) is 128 Å². The average Bonchev–Trinajstić information content (AvgIpc) is 3.54. The fraction of sp³-hybridized carbons (Fsp3) is 0.881. The molecule has 0 N–H and O–H groups in total. The van der Waals surface area contributed by atoms with Crippen molar-refractivity contribution in [3.05, 3.63) is 22.8 Å². The maximum absolute atomic E-state index is 8.21. The van der Waals surface area contributed by atoms with Gasteiger partial charge in [0.15, 0.2) is 0 Å². The number of fused-ring (bicyclic) bond motifs is 3. The molecule has 46 heavy (non-hydrogen) atoms. The highest BCUT2D eigenvalue weighted by molar-refractivity contribution is 5.69. The van der Waals surface area contributed by atoms with E-state index >= 15 is 0 Å². The third-order valence-electron chi connectivity index (χ3n) is 20.0. The molecule has 12 bridgehead atoms. The number of likely N-dealkylation sites (tertiary alicyclic amines) is 1. The van der Waals surface area contributed by atoms with Crippen LogP contribution < -0.4 is 0 Å². The number of hydrogen-bond acceptors (Lipinski definition) is 4. The predicted octanol–water partition coefficient (Wildman–Crippen LogP) is 7.63. The quantitative estimate of drug-likeness (QED) is 0.302. The van der Waals surface area contributed by atoms with Crippen LogP contribution in [0, 0.1) is 73.9 Å². The van der Waals surface area contributed by atoms with Crippen LogP contribution in [0.25, 0.3) is 0 Å². The zero-order valence-corrected chi connectivity index (χ0v) is 29.0. The van der Waals surface area contributed by atoms with Crippen molar-refractivity contribution in [2.75, 3.05) is 27.2 Å². The molecule has 17 atom stereocenters. The van der Waals surface area contributed by atoms with Gasteiger partial charge >= 0.3 is 0 Å². The van der Waals surface area contributed by atoms with Crippen LogP contribution in [0.4, 0.5) is 0 Å². The van der Waals surface area contributed by atoms with Crippen molar-refractivity contribution in [2.24, 2.45) is 78.9 Å². The average molecular weight is 621 g/mol. The van der Waals surface area contributed by atoms with E-state index in [1.165, 1.54) is 103 Å². The second-order valence-electron chi connectivity index (χ2n) is 21.1. The van der Waals surface area contributed by atoms with Gasteiger partial charge in [-0.1, -0.05) is 31.9 Å².